The van der Waals surface area contributed by atoms with Gasteiger partial charge in [0, 0.05) is 0 Å². The summed E-state index contributed by atoms with van der Waals surface area (Å²) in [5.74, 6) is 0.128. The summed E-state index contributed by atoms with van der Waals surface area (Å²) in [7, 11) is 0. The maximum absolute atomic E-state index is 12.7. The molecule has 0 aliphatic rings. The quantitative estimate of drug-likeness (QED) is 0.219. The molecule has 0 aliphatic carbocycles. The van der Waals surface area contributed by atoms with Crippen LogP contribution in [0.4, 0.5) is 0 Å². The van der Waals surface area contributed by atoms with E-state index >= 15 is 0 Å². The van der Waals surface area contributed by atoms with Crippen LogP contribution in [0.15, 0.2) is 0 Å². The topological polar surface area (TPSA) is 26.3 Å². The Bertz CT molecular complexity index is 317. The number of unbranched alkanes of at least 4 members (excludes halogenated alkanes) is 4. The number of rotatable bonds is 16. The van der Waals surface area contributed by atoms with Crippen LogP contribution in [0.5, 0.6) is 0 Å². The molecule has 2 nitrogen and oxygen atoms in total. The first-order valence-electron chi connectivity index (χ1n) is 11.1. The van der Waals surface area contributed by atoms with Crippen molar-refractivity contribution in [3.63, 3.8) is 0 Å². The van der Waals surface area contributed by atoms with E-state index in [-0.39, 0.29) is 11.4 Å². The Balaban J connectivity index is 4.79. The molecule has 0 atom stereocenters. The summed E-state index contributed by atoms with van der Waals surface area (Å²) in [5, 5.41) is 0. The van der Waals surface area contributed by atoms with Crippen molar-refractivity contribution >= 4 is 24.8 Å². The van der Waals surface area contributed by atoms with E-state index in [1.54, 1.807) is 0 Å². The van der Waals surface area contributed by atoms with Gasteiger partial charge in [-0.25, -0.2) is 0 Å². The molecule has 0 unspecified atom stereocenters. The van der Waals surface area contributed by atoms with Gasteiger partial charge < -0.3 is 0 Å². The molecule has 25 heavy (non-hydrogen) atoms. The first-order chi connectivity index (χ1) is 11.8. The average molecular weight is 461 g/mol. The summed E-state index contributed by atoms with van der Waals surface area (Å²) in [6.07, 6.45) is 12.7. The molecule has 0 saturated heterocycles. The standard InChI is InChI=1S/C10H20O2.3C4H9.Sn/c1-4-5-7-10(2,3)8-6-9(11)12;3*1-3-4-2;/h4-8H2,1-3H3,(H,11,12);3*1,3-4H2,2H3;/q;;;;+1/p-1. The minimum absolute atomic E-state index is 0.128. The van der Waals surface area contributed by atoms with Gasteiger partial charge in [-0.1, -0.05) is 0 Å². The molecule has 0 N–H and O–H groups in total. The van der Waals surface area contributed by atoms with Gasteiger partial charge in [0.15, 0.2) is 0 Å². The molecular formula is C22H46O2Sn. The van der Waals surface area contributed by atoms with Crippen molar-refractivity contribution in [2.45, 2.75) is 125 Å². The van der Waals surface area contributed by atoms with E-state index < -0.39 is 18.8 Å². The van der Waals surface area contributed by atoms with Gasteiger partial charge in [0.2, 0.25) is 0 Å². The van der Waals surface area contributed by atoms with Crippen molar-refractivity contribution in [2.24, 2.45) is 5.41 Å². The number of carbonyl (C=O) groups is 1. The average Bonchev–Trinajstić information content (AvgIpc) is 2.59. The molecule has 0 aromatic rings. The van der Waals surface area contributed by atoms with Crippen molar-refractivity contribution in [1.29, 1.82) is 0 Å². The van der Waals surface area contributed by atoms with Crippen LogP contribution in [0.25, 0.3) is 0 Å². The van der Waals surface area contributed by atoms with Crippen LogP contribution in [-0.4, -0.2) is 24.8 Å². The molecular weight excluding hydrogens is 415 g/mol. The van der Waals surface area contributed by atoms with Crippen LogP contribution < -0.4 is 0 Å². The maximum atomic E-state index is 12.7. The molecule has 3 heteroatoms. The summed E-state index contributed by atoms with van der Waals surface area (Å²) in [4.78, 5) is 12.7. The first-order valence-corrected chi connectivity index (χ1v) is 18.3. The summed E-state index contributed by atoms with van der Waals surface area (Å²) in [6, 6.07) is 0. The van der Waals surface area contributed by atoms with Crippen LogP contribution in [0.3, 0.4) is 0 Å². The number of carbonyl (C=O) groups excluding carboxylic acids is 1. The Morgan fingerprint density at radius 1 is 0.760 bits per heavy atom. The Morgan fingerprint density at radius 2 is 1.20 bits per heavy atom. The van der Waals surface area contributed by atoms with E-state index in [0.717, 1.165) is 6.42 Å². The van der Waals surface area contributed by atoms with Gasteiger partial charge in [-0.05, 0) is 0 Å². The van der Waals surface area contributed by atoms with Crippen molar-refractivity contribution in [1.82, 2.24) is 0 Å². The van der Waals surface area contributed by atoms with Crippen LogP contribution in [0.1, 0.15) is 112 Å². The summed E-state index contributed by atoms with van der Waals surface area (Å²) in [6.45, 7) is 13.6. The van der Waals surface area contributed by atoms with Crippen LogP contribution >= 0.6 is 0 Å². The van der Waals surface area contributed by atoms with Crippen LogP contribution in [0, 0.1) is 5.41 Å². The monoisotopic (exact) mass is 462 g/mol. The fraction of sp³-hybridized carbons (Fsp3) is 0.955. The zero-order chi connectivity index (χ0) is 19.2. The summed E-state index contributed by atoms with van der Waals surface area (Å²) < 4.78 is 10.2. The molecule has 0 radical (unpaired) electrons. The summed E-state index contributed by atoms with van der Waals surface area (Å²) >= 11 is -2.76. The summed E-state index contributed by atoms with van der Waals surface area (Å²) in [5.41, 5.74) is 0.267. The van der Waals surface area contributed by atoms with Gasteiger partial charge in [-0.2, -0.15) is 0 Å². The Morgan fingerprint density at radius 3 is 1.60 bits per heavy atom. The molecule has 0 aromatic heterocycles. The van der Waals surface area contributed by atoms with Crippen molar-refractivity contribution in [3.05, 3.63) is 0 Å². The molecule has 0 rings (SSSR count). The van der Waals surface area contributed by atoms with E-state index in [1.165, 1.54) is 71.1 Å². The predicted octanol–water partition coefficient (Wildman–Crippen LogP) is 7.87. The van der Waals surface area contributed by atoms with E-state index in [1.807, 2.05) is 0 Å². The molecule has 0 bridgehead atoms. The van der Waals surface area contributed by atoms with Crippen molar-refractivity contribution < 1.29 is 7.87 Å². The molecule has 0 saturated carbocycles. The second-order valence-corrected chi connectivity index (χ2v) is 20.4. The molecule has 0 fully saturated rings. The second-order valence-electron chi connectivity index (χ2n) is 8.74. The van der Waals surface area contributed by atoms with Crippen LogP contribution in [0.2, 0.25) is 13.3 Å². The van der Waals surface area contributed by atoms with E-state index in [9.17, 15) is 4.79 Å². The zero-order valence-corrected chi connectivity index (χ0v) is 21.1. The minimum atomic E-state index is -2.76. The van der Waals surface area contributed by atoms with Crippen molar-refractivity contribution in [3.8, 4) is 0 Å². The SMILES string of the molecule is CCCCC(C)(C)CCC(=O)[O][Sn]([CH2]CCC)([CH2]CCC)[CH2]CCC. The third-order valence-electron chi connectivity index (χ3n) is 5.50. The third-order valence-corrected chi connectivity index (χ3v) is 18.2. The molecule has 0 heterocycles. The Labute approximate surface area is 163 Å². The van der Waals surface area contributed by atoms with Crippen molar-refractivity contribution in [2.75, 3.05) is 0 Å². The van der Waals surface area contributed by atoms with Gasteiger partial charge in [0.1, 0.15) is 0 Å². The number of hydrogen-bond donors (Lipinski definition) is 0. The second kappa shape index (κ2) is 14.3. The van der Waals surface area contributed by atoms with E-state index in [4.69, 9.17) is 3.07 Å². The van der Waals surface area contributed by atoms with Gasteiger partial charge in [0.25, 0.3) is 0 Å². The number of hydrogen-bond acceptors (Lipinski definition) is 2. The first kappa shape index (κ1) is 25.3. The molecule has 0 spiro atoms. The van der Waals surface area contributed by atoms with Gasteiger partial charge >= 0.3 is 164 Å². The zero-order valence-electron chi connectivity index (χ0n) is 18.2. The van der Waals surface area contributed by atoms with E-state index in [2.05, 4.69) is 41.5 Å². The normalized spacial score (nSPS) is 12.4. The van der Waals surface area contributed by atoms with Gasteiger partial charge in [-0.15, -0.1) is 0 Å². The predicted molar refractivity (Wildman–Crippen MR) is 114 cm³/mol. The van der Waals surface area contributed by atoms with Gasteiger partial charge in [-0.3, -0.25) is 0 Å². The van der Waals surface area contributed by atoms with E-state index in [0.29, 0.717) is 6.42 Å². The molecule has 0 amide bonds. The fourth-order valence-corrected chi connectivity index (χ4v) is 16.8. The fourth-order valence-electron chi connectivity index (χ4n) is 3.54. The van der Waals surface area contributed by atoms with Gasteiger partial charge in [0.05, 0.1) is 0 Å². The third kappa shape index (κ3) is 12.3. The Kier molecular flexibility index (Phi) is 14.5. The molecule has 0 aliphatic heterocycles. The molecule has 0 aromatic carbocycles. The Hall–Kier alpha value is 0.269. The molecule has 150 valence electrons. The van der Waals surface area contributed by atoms with Crippen LogP contribution in [-0.2, 0) is 7.87 Å².